The number of anilines is 1. The fourth-order valence-corrected chi connectivity index (χ4v) is 2.44. The van der Waals surface area contributed by atoms with Crippen LogP contribution < -0.4 is 5.32 Å². The molecule has 0 amide bonds. The number of fused-ring (bicyclic) bond motifs is 1. The first-order valence-electron chi connectivity index (χ1n) is 7.37. The maximum absolute atomic E-state index is 11.4. The van der Waals surface area contributed by atoms with Crippen LogP contribution in [0.3, 0.4) is 0 Å². The second kappa shape index (κ2) is 5.31. The molecule has 1 aliphatic rings. The Morgan fingerprint density at radius 1 is 1.29 bits per heavy atom. The minimum absolute atomic E-state index is 0.130. The van der Waals surface area contributed by atoms with E-state index < -0.39 is 5.97 Å². The summed E-state index contributed by atoms with van der Waals surface area (Å²) in [6.07, 6.45) is 6.47. The Balaban J connectivity index is 1.81. The second-order valence-corrected chi connectivity index (χ2v) is 5.59. The Kier molecular flexibility index (Phi) is 3.13. The Morgan fingerprint density at radius 3 is 2.83 bits per heavy atom. The molecule has 0 saturated heterocycles. The molecule has 1 fully saturated rings. The van der Waals surface area contributed by atoms with Gasteiger partial charge in [0.15, 0.2) is 11.5 Å². The molecule has 3 heterocycles. The third-order valence-electron chi connectivity index (χ3n) is 3.80. The first-order chi connectivity index (χ1) is 11.7. The SMILES string of the molecule is [C-]#[N+]c1cnc2c(cnn2-c2cc(NC3CC3)c(C(=O)O)cn2)c1. The zero-order valence-corrected chi connectivity index (χ0v) is 12.5. The molecule has 3 aromatic heterocycles. The Bertz CT molecular complexity index is 999. The van der Waals surface area contributed by atoms with E-state index in [1.54, 1.807) is 18.3 Å². The van der Waals surface area contributed by atoms with E-state index in [1.807, 2.05) is 0 Å². The third kappa shape index (κ3) is 2.42. The van der Waals surface area contributed by atoms with Gasteiger partial charge in [-0.15, -0.1) is 0 Å². The van der Waals surface area contributed by atoms with E-state index in [-0.39, 0.29) is 5.56 Å². The monoisotopic (exact) mass is 320 g/mol. The summed E-state index contributed by atoms with van der Waals surface area (Å²) in [6.45, 7) is 7.03. The lowest BCUT2D eigenvalue weighted by atomic mass is 10.2. The zero-order valence-electron chi connectivity index (χ0n) is 12.5. The Hall–Kier alpha value is -3.47. The molecule has 1 saturated carbocycles. The van der Waals surface area contributed by atoms with E-state index in [0.717, 1.165) is 18.2 Å². The predicted octanol–water partition coefficient (Wildman–Crippen LogP) is 2.64. The van der Waals surface area contributed by atoms with Crippen LogP contribution in [-0.4, -0.2) is 36.9 Å². The van der Waals surface area contributed by atoms with Crippen LogP contribution in [0, 0.1) is 6.57 Å². The Labute approximate surface area is 136 Å². The zero-order chi connectivity index (χ0) is 16.7. The average Bonchev–Trinajstić information content (AvgIpc) is 3.30. The molecule has 8 heteroatoms. The number of nitrogens with one attached hydrogen (secondary N) is 1. The van der Waals surface area contributed by atoms with Gasteiger partial charge in [-0.1, -0.05) is 0 Å². The fraction of sp³-hybridized carbons (Fsp3) is 0.188. The van der Waals surface area contributed by atoms with Gasteiger partial charge >= 0.3 is 5.97 Å². The van der Waals surface area contributed by atoms with Crippen molar-refractivity contribution in [1.82, 2.24) is 19.7 Å². The molecule has 0 aromatic carbocycles. The van der Waals surface area contributed by atoms with E-state index in [4.69, 9.17) is 6.57 Å². The van der Waals surface area contributed by atoms with Crippen molar-refractivity contribution in [3.8, 4) is 5.82 Å². The molecule has 118 valence electrons. The molecule has 1 aliphatic carbocycles. The molecule has 3 aromatic rings. The van der Waals surface area contributed by atoms with Gasteiger partial charge in [0, 0.05) is 29.9 Å². The van der Waals surface area contributed by atoms with Gasteiger partial charge in [-0.3, -0.25) is 0 Å². The molecular weight excluding hydrogens is 308 g/mol. The molecule has 0 unspecified atom stereocenters. The highest BCUT2D eigenvalue weighted by Gasteiger charge is 2.24. The number of aromatic nitrogens is 4. The molecule has 0 spiro atoms. The normalized spacial score (nSPS) is 13.6. The van der Waals surface area contributed by atoms with Gasteiger partial charge < -0.3 is 10.4 Å². The molecule has 0 atom stereocenters. The van der Waals surface area contributed by atoms with Gasteiger partial charge in [0.25, 0.3) is 0 Å². The van der Waals surface area contributed by atoms with Crippen LogP contribution in [0.5, 0.6) is 0 Å². The number of pyridine rings is 2. The van der Waals surface area contributed by atoms with Gasteiger partial charge in [-0.2, -0.15) is 9.78 Å². The molecule has 0 bridgehead atoms. The molecule has 0 radical (unpaired) electrons. The molecule has 24 heavy (non-hydrogen) atoms. The molecule has 4 rings (SSSR count). The van der Waals surface area contributed by atoms with Crippen molar-refractivity contribution in [2.24, 2.45) is 0 Å². The minimum Gasteiger partial charge on any atom is -0.478 e. The van der Waals surface area contributed by atoms with Crippen LogP contribution in [-0.2, 0) is 0 Å². The topological polar surface area (TPSA) is 97.3 Å². The van der Waals surface area contributed by atoms with Gasteiger partial charge in [-0.05, 0) is 18.9 Å². The smallest absolute Gasteiger partial charge is 0.339 e. The van der Waals surface area contributed by atoms with Crippen LogP contribution >= 0.6 is 0 Å². The first kappa shape index (κ1) is 14.1. The van der Waals surface area contributed by atoms with E-state index in [1.165, 1.54) is 17.1 Å². The standard InChI is InChI=1S/C16H12N6O2/c1-17-11-4-9-6-20-22(15(9)19-7-11)14-5-13(21-10-2-3-10)12(8-18-14)16(23)24/h4-8,10H,2-3H2,(H,18,21)(H,23,24). The number of hydrogen-bond donors (Lipinski definition) is 2. The summed E-state index contributed by atoms with van der Waals surface area (Å²) >= 11 is 0. The van der Waals surface area contributed by atoms with Crippen molar-refractivity contribution >= 4 is 28.4 Å². The van der Waals surface area contributed by atoms with Crippen LogP contribution in [0.15, 0.2) is 30.7 Å². The van der Waals surface area contributed by atoms with Gasteiger partial charge in [0.2, 0.25) is 5.69 Å². The number of nitrogens with zero attached hydrogens (tertiary/aromatic N) is 5. The van der Waals surface area contributed by atoms with Crippen molar-refractivity contribution in [1.29, 1.82) is 0 Å². The van der Waals surface area contributed by atoms with Crippen LogP contribution in [0.4, 0.5) is 11.4 Å². The summed E-state index contributed by atoms with van der Waals surface area (Å²) in [5, 5.41) is 17.5. The number of hydrogen-bond acceptors (Lipinski definition) is 5. The molecule has 0 aliphatic heterocycles. The van der Waals surface area contributed by atoms with E-state index in [9.17, 15) is 9.90 Å². The molecule has 8 nitrogen and oxygen atoms in total. The summed E-state index contributed by atoms with van der Waals surface area (Å²) in [5.41, 5.74) is 1.66. The maximum Gasteiger partial charge on any atom is 0.339 e. The summed E-state index contributed by atoms with van der Waals surface area (Å²) in [5.74, 6) is -0.552. The summed E-state index contributed by atoms with van der Waals surface area (Å²) in [6, 6.07) is 3.68. The van der Waals surface area contributed by atoms with Crippen LogP contribution in [0.2, 0.25) is 0 Å². The molecule has 2 N–H and O–H groups in total. The summed E-state index contributed by atoms with van der Waals surface area (Å²) < 4.78 is 1.53. The highest BCUT2D eigenvalue weighted by Crippen LogP contribution is 2.28. The maximum atomic E-state index is 11.4. The third-order valence-corrected chi connectivity index (χ3v) is 3.80. The fourth-order valence-electron chi connectivity index (χ4n) is 2.44. The average molecular weight is 320 g/mol. The summed E-state index contributed by atoms with van der Waals surface area (Å²) in [7, 11) is 0. The largest absolute Gasteiger partial charge is 0.478 e. The van der Waals surface area contributed by atoms with E-state index >= 15 is 0 Å². The van der Waals surface area contributed by atoms with E-state index in [2.05, 4.69) is 25.2 Å². The van der Waals surface area contributed by atoms with E-state index in [0.29, 0.717) is 28.9 Å². The lowest BCUT2D eigenvalue weighted by molar-refractivity contribution is 0.0697. The highest BCUT2D eigenvalue weighted by atomic mass is 16.4. The Morgan fingerprint density at radius 2 is 2.12 bits per heavy atom. The number of carbonyl (C=O) groups is 1. The van der Waals surface area contributed by atoms with Crippen molar-refractivity contribution in [2.45, 2.75) is 18.9 Å². The number of carboxylic acids is 1. The second-order valence-electron chi connectivity index (χ2n) is 5.59. The predicted molar refractivity (Wildman–Crippen MR) is 86.5 cm³/mol. The van der Waals surface area contributed by atoms with Crippen molar-refractivity contribution in [3.05, 3.63) is 47.7 Å². The number of carboxylic acid groups (broad SMARTS) is 1. The van der Waals surface area contributed by atoms with Gasteiger partial charge in [0.05, 0.1) is 18.5 Å². The van der Waals surface area contributed by atoms with Gasteiger partial charge in [-0.25, -0.2) is 19.6 Å². The van der Waals surface area contributed by atoms with Gasteiger partial charge in [0.1, 0.15) is 5.56 Å². The highest BCUT2D eigenvalue weighted by molar-refractivity contribution is 5.94. The van der Waals surface area contributed by atoms with Crippen molar-refractivity contribution in [3.63, 3.8) is 0 Å². The minimum atomic E-state index is -1.03. The lowest BCUT2D eigenvalue weighted by Crippen LogP contribution is -2.11. The van der Waals surface area contributed by atoms with Crippen LogP contribution in [0.1, 0.15) is 23.2 Å². The van der Waals surface area contributed by atoms with Crippen molar-refractivity contribution in [2.75, 3.05) is 5.32 Å². The lowest BCUT2D eigenvalue weighted by Gasteiger charge is -2.10. The molecular formula is C16H12N6O2. The van der Waals surface area contributed by atoms with Crippen LogP contribution in [0.25, 0.3) is 21.7 Å². The first-order valence-corrected chi connectivity index (χ1v) is 7.37. The van der Waals surface area contributed by atoms with Crippen molar-refractivity contribution < 1.29 is 9.90 Å². The quantitative estimate of drug-likeness (QED) is 0.717. The summed E-state index contributed by atoms with van der Waals surface area (Å²) in [4.78, 5) is 23.2. The number of aromatic carboxylic acids is 1. The number of rotatable bonds is 4.